The Hall–Kier alpha value is -0.570. The van der Waals surface area contributed by atoms with Gasteiger partial charge >= 0.3 is 0 Å². The molecule has 2 aliphatic rings. The van der Waals surface area contributed by atoms with Crippen LogP contribution in [0, 0.1) is 5.92 Å². The van der Waals surface area contributed by atoms with E-state index in [9.17, 15) is 4.79 Å². The summed E-state index contributed by atoms with van der Waals surface area (Å²) in [6.07, 6.45) is 9.79. The molecule has 0 bridgehead atoms. The normalized spacial score (nSPS) is 36.6. The first-order valence-corrected chi connectivity index (χ1v) is 8.27. The van der Waals surface area contributed by atoms with Crippen molar-refractivity contribution in [2.24, 2.45) is 5.92 Å². The molecule has 1 heterocycles. The minimum atomic E-state index is 0.0744. The van der Waals surface area contributed by atoms with E-state index in [0.717, 1.165) is 19.3 Å². The minimum Gasteiger partial charge on any atom is -0.323 e. The van der Waals surface area contributed by atoms with Crippen LogP contribution in [0.15, 0.2) is 0 Å². The van der Waals surface area contributed by atoms with Gasteiger partial charge in [-0.3, -0.25) is 10.1 Å². The fourth-order valence-corrected chi connectivity index (χ4v) is 3.81. The predicted octanol–water partition coefficient (Wildman–Crippen LogP) is 3.29. The second kappa shape index (κ2) is 6.74. The number of carbonyl (C=O) groups is 1. The smallest absolute Gasteiger partial charge is 0.241 e. The number of rotatable bonds is 4. The fourth-order valence-electron chi connectivity index (χ4n) is 3.81. The Morgan fingerprint density at radius 2 is 1.95 bits per heavy atom. The number of carbonyl (C=O) groups excluding carboxylic acids is 1. The van der Waals surface area contributed by atoms with Gasteiger partial charge in [-0.05, 0) is 31.6 Å². The molecule has 1 aliphatic heterocycles. The zero-order valence-corrected chi connectivity index (χ0v) is 12.8. The highest BCUT2D eigenvalue weighted by Gasteiger charge is 2.42. The molecule has 3 heteroatoms. The summed E-state index contributed by atoms with van der Waals surface area (Å²) in [6, 6.07) is 0.541. The largest absolute Gasteiger partial charge is 0.323 e. The molecular weight excluding hydrogens is 236 g/mol. The van der Waals surface area contributed by atoms with Crippen LogP contribution in [0.4, 0.5) is 0 Å². The zero-order valence-electron chi connectivity index (χ0n) is 12.8. The quantitative estimate of drug-likeness (QED) is 0.792. The van der Waals surface area contributed by atoms with E-state index in [-0.39, 0.29) is 12.2 Å². The molecule has 1 aliphatic carbocycles. The highest BCUT2D eigenvalue weighted by molar-refractivity contribution is 5.84. The van der Waals surface area contributed by atoms with E-state index in [1.807, 2.05) is 0 Å². The van der Waals surface area contributed by atoms with Gasteiger partial charge in [-0.1, -0.05) is 46.5 Å². The first-order chi connectivity index (χ1) is 9.19. The van der Waals surface area contributed by atoms with Crippen LogP contribution in [-0.2, 0) is 4.79 Å². The monoisotopic (exact) mass is 266 g/mol. The maximum atomic E-state index is 12.7. The van der Waals surface area contributed by atoms with Crippen molar-refractivity contribution in [2.75, 3.05) is 0 Å². The average Bonchev–Trinajstić information content (AvgIpc) is 2.58. The Bertz CT molecular complexity index is 305. The molecule has 4 unspecified atom stereocenters. The van der Waals surface area contributed by atoms with Crippen LogP contribution in [0.1, 0.15) is 72.1 Å². The Morgan fingerprint density at radius 3 is 2.63 bits per heavy atom. The lowest BCUT2D eigenvalue weighted by Crippen LogP contribution is -2.47. The lowest BCUT2D eigenvalue weighted by Gasteiger charge is -2.35. The van der Waals surface area contributed by atoms with E-state index in [1.165, 1.54) is 32.1 Å². The molecule has 0 aromatic rings. The lowest BCUT2D eigenvalue weighted by atomic mass is 9.94. The molecule has 19 heavy (non-hydrogen) atoms. The van der Waals surface area contributed by atoms with Crippen molar-refractivity contribution in [2.45, 2.75) is 90.4 Å². The Kier molecular flexibility index (Phi) is 5.26. The van der Waals surface area contributed by atoms with Gasteiger partial charge in [0, 0.05) is 6.04 Å². The summed E-state index contributed by atoms with van der Waals surface area (Å²) in [5.41, 5.74) is 0. The van der Waals surface area contributed by atoms with Crippen molar-refractivity contribution in [1.29, 1.82) is 0 Å². The molecule has 0 aromatic heterocycles. The van der Waals surface area contributed by atoms with Crippen molar-refractivity contribution in [3.63, 3.8) is 0 Å². The van der Waals surface area contributed by atoms with Gasteiger partial charge < -0.3 is 4.90 Å². The minimum absolute atomic E-state index is 0.0744. The zero-order chi connectivity index (χ0) is 13.8. The molecular formula is C16H30N2O. The number of hydrogen-bond acceptors (Lipinski definition) is 2. The molecule has 0 radical (unpaired) electrons. The molecule has 1 amide bonds. The summed E-state index contributed by atoms with van der Waals surface area (Å²) in [4.78, 5) is 14.9. The van der Waals surface area contributed by atoms with Crippen molar-refractivity contribution in [3.8, 4) is 0 Å². The number of amides is 1. The fraction of sp³-hybridized carbons (Fsp3) is 0.938. The van der Waals surface area contributed by atoms with Gasteiger partial charge in [-0.15, -0.1) is 0 Å². The van der Waals surface area contributed by atoms with Crippen molar-refractivity contribution < 1.29 is 4.79 Å². The summed E-state index contributed by atoms with van der Waals surface area (Å²) in [5, 5.41) is 3.56. The Balaban J connectivity index is 2.12. The molecule has 2 rings (SSSR count). The maximum Gasteiger partial charge on any atom is 0.241 e. The number of nitrogens with zero attached hydrogens (tertiary/aromatic N) is 1. The summed E-state index contributed by atoms with van der Waals surface area (Å²) in [7, 11) is 0. The first kappa shape index (κ1) is 14.8. The van der Waals surface area contributed by atoms with Gasteiger partial charge in [0.2, 0.25) is 5.91 Å². The summed E-state index contributed by atoms with van der Waals surface area (Å²) in [6.45, 7) is 6.68. The summed E-state index contributed by atoms with van der Waals surface area (Å²) in [5.74, 6) is 1.02. The van der Waals surface area contributed by atoms with E-state index in [1.54, 1.807) is 0 Å². The summed E-state index contributed by atoms with van der Waals surface area (Å²) >= 11 is 0. The average molecular weight is 266 g/mol. The van der Waals surface area contributed by atoms with Crippen molar-refractivity contribution >= 4 is 5.91 Å². The molecule has 4 atom stereocenters. The molecule has 0 aromatic carbocycles. The SMILES string of the molecule is CCCC1NC(CC)N(C2CCCCCC2C)C1=O. The molecule has 0 spiro atoms. The van der Waals surface area contributed by atoms with E-state index in [4.69, 9.17) is 0 Å². The van der Waals surface area contributed by atoms with Gasteiger partial charge in [0.25, 0.3) is 0 Å². The number of nitrogens with one attached hydrogen (secondary N) is 1. The van der Waals surface area contributed by atoms with Gasteiger partial charge in [0.05, 0.1) is 12.2 Å². The van der Waals surface area contributed by atoms with Crippen LogP contribution in [-0.4, -0.2) is 29.1 Å². The van der Waals surface area contributed by atoms with E-state index >= 15 is 0 Å². The molecule has 1 saturated heterocycles. The Labute approximate surface area is 118 Å². The van der Waals surface area contributed by atoms with E-state index in [2.05, 4.69) is 31.0 Å². The second-order valence-electron chi connectivity index (χ2n) is 6.36. The molecule has 1 saturated carbocycles. The molecule has 3 nitrogen and oxygen atoms in total. The molecule has 2 fully saturated rings. The van der Waals surface area contributed by atoms with Crippen LogP contribution >= 0.6 is 0 Å². The molecule has 110 valence electrons. The lowest BCUT2D eigenvalue weighted by molar-refractivity contribution is -0.133. The number of hydrogen-bond donors (Lipinski definition) is 1. The standard InChI is InChI=1S/C16H30N2O/c1-4-9-13-16(19)18(15(5-2)17-13)14-11-8-6-7-10-12(14)3/h12-15,17H,4-11H2,1-3H3. The topological polar surface area (TPSA) is 32.3 Å². The van der Waals surface area contributed by atoms with Gasteiger partial charge in [-0.2, -0.15) is 0 Å². The third-order valence-electron chi connectivity index (χ3n) is 4.92. The first-order valence-electron chi connectivity index (χ1n) is 8.27. The van der Waals surface area contributed by atoms with Gasteiger partial charge in [0.1, 0.15) is 0 Å². The van der Waals surface area contributed by atoms with E-state index < -0.39 is 0 Å². The van der Waals surface area contributed by atoms with Crippen molar-refractivity contribution in [1.82, 2.24) is 10.2 Å². The van der Waals surface area contributed by atoms with E-state index in [0.29, 0.717) is 17.9 Å². The highest BCUT2D eigenvalue weighted by Crippen LogP contribution is 2.31. The van der Waals surface area contributed by atoms with Crippen molar-refractivity contribution in [3.05, 3.63) is 0 Å². The third-order valence-corrected chi connectivity index (χ3v) is 4.92. The van der Waals surface area contributed by atoms with Crippen LogP contribution < -0.4 is 5.32 Å². The van der Waals surface area contributed by atoms with Crippen LogP contribution in [0.25, 0.3) is 0 Å². The maximum absolute atomic E-state index is 12.7. The Morgan fingerprint density at radius 1 is 1.21 bits per heavy atom. The second-order valence-corrected chi connectivity index (χ2v) is 6.36. The predicted molar refractivity (Wildman–Crippen MR) is 78.8 cm³/mol. The van der Waals surface area contributed by atoms with Crippen LogP contribution in [0.3, 0.4) is 0 Å². The van der Waals surface area contributed by atoms with Gasteiger partial charge in [-0.25, -0.2) is 0 Å². The van der Waals surface area contributed by atoms with Gasteiger partial charge in [0.15, 0.2) is 0 Å². The van der Waals surface area contributed by atoms with Crippen LogP contribution in [0.5, 0.6) is 0 Å². The molecule has 1 N–H and O–H groups in total. The summed E-state index contributed by atoms with van der Waals surface area (Å²) < 4.78 is 0. The van der Waals surface area contributed by atoms with Crippen LogP contribution in [0.2, 0.25) is 0 Å². The third kappa shape index (κ3) is 3.13. The highest BCUT2D eigenvalue weighted by atomic mass is 16.2.